The van der Waals surface area contributed by atoms with E-state index >= 15 is 0 Å². The Kier molecular flexibility index (Phi) is 5.21. The zero-order valence-corrected chi connectivity index (χ0v) is 10.2. The van der Waals surface area contributed by atoms with Crippen molar-refractivity contribution < 1.29 is 19.4 Å². The highest BCUT2D eigenvalue weighted by molar-refractivity contribution is 5.82. The van der Waals surface area contributed by atoms with Crippen LogP contribution in [0.3, 0.4) is 0 Å². The van der Waals surface area contributed by atoms with Crippen LogP contribution < -0.4 is 10.6 Å². The lowest BCUT2D eigenvalue weighted by Crippen LogP contribution is -2.47. The number of aliphatic carboxylic acids is 1. The van der Waals surface area contributed by atoms with Crippen molar-refractivity contribution in [3.05, 3.63) is 0 Å². The van der Waals surface area contributed by atoms with Crippen LogP contribution in [-0.2, 0) is 9.53 Å². The van der Waals surface area contributed by atoms with Crippen LogP contribution in [0.25, 0.3) is 0 Å². The number of hydrogen-bond donors (Lipinski definition) is 3. The summed E-state index contributed by atoms with van der Waals surface area (Å²) in [6.45, 7) is 2.38. The van der Waals surface area contributed by atoms with E-state index < -0.39 is 18.0 Å². The number of carboxylic acid groups (broad SMARTS) is 1. The summed E-state index contributed by atoms with van der Waals surface area (Å²) < 4.78 is 4.80. The van der Waals surface area contributed by atoms with Gasteiger partial charge in [0.2, 0.25) is 0 Å². The maximum absolute atomic E-state index is 11.5. The number of rotatable bonds is 7. The van der Waals surface area contributed by atoms with Crippen LogP contribution in [0.4, 0.5) is 4.79 Å². The maximum atomic E-state index is 11.5. The summed E-state index contributed by atoms with van der Waals surface area (Å²) in [7, 11) is 1.50. The number of carbonyl (C=O) groups excluding carboxylic acids is 1. The molecule has 98 valence electrons. The van der Waals surface area contributed by atoms with Crippen molar-refractivity contribution in [3.8, 4) is 0 Å². The zero-order valence-electron chi connectivity index (χ0n) is 10.2. The molecule has 3 atom stereocenters. The summed E-state index contributed by atoms with van der Waals surface area (Å²) >= 11 is 0. The van der Waals surface area contributed by atoms with E-state index in [9.17, 15) is 9.59 Å². The van der Waals surface area contributed by atoms with Crippen molar-refractivity contribution in [2.24, 2.45) is 5.92 Å². The quantitative estimate of drug-likeness (QED) is 0.611. The Hall–Kier alpha value is -1.30. The molecule has 2 amide bonds. The first kappa shape index (κ1) is 13.8. The fourth-order valence-corrected chi connectivity index (χ4v) is 1.74. The fraction of sp³-hybridized carbons (Fsp3) is 0.818. The van der Waals surface area contributed by atoms with Crippen molar-refractivity contribution in [3.63, 3.8) is 0 Å². The molecule has 1 aliphatic carbocycles. The summed E-state index contributed by atoms with van der Waals surface area (Å²) in [6.07, 6.45) is 2.29. The van der Waals surface area contributed by atoms with Gasteiger partial charge in [0.1, 0.15) is 6.04 Å². The van der Waals surface area contributed by atoms with E-state index in [1.165, 1.54) is 7.11 Å². The maximum Gasteiger partial charge on any atom is 0.326 e. The minimum absolute atomic E-state index is 0.205. The molecule has 0 spiro atoms. The molecule has 1 rings (SSSR count). The SMILES string of the molecule is CCC1CC1NC(=O)NC(CCOC)C(=O)O. The molecule has 0 aromatic rings. The molecule has 0 aromatic carbocycles. The zero-order chi connectivity index (χ0) is 12.8. The molecule has 0 bridgehead atoms. The van der Waals surface area contributed by atoms with Crippen molar-refractivity contribution in [2.45, 2.75) is 38.3 Å². The van der Waals surface area contributed by atoms with Gasteiger partial charge in [0.05, 0.1) is 0 Å². The monoisotopic (exact) mass is 244 g/mol. The van der Waals surface area contributed by atoms with Crippen molar-refractivity contribution in [1.82, 2.24) is 10.6 Å². The molecule has 0 aromatic heterocycles. The van der Waals surface area contributed by atoms with Crippen LogP contribution in [0, 0.1) is 5.92 Å². The Labute approximate surface area is 101 Å². The summed E-state index contributed by atoms with van der Waals surface area (Å²) in [4.78, 5) is 22.4. The van der Waals surface area contributed by atoms with Gasteiger partial charge in [-0.05, 0) is 12.3 Å². The van der Waals surface area contributed by atoms with E-state index in [1.807, 2.05) is 0 Å². The minimum Gasteiger partial charge on any atom is -0.480 e. The Balaban J connectivity index is 2.28. The number of urea groups is 1. The Morgan fingerprint density at radius 3 is 2.71 bits per heavy atom. The lowest BCUT2D eigenvalue weighted by Gasteiger charge is -2.14. The smallest absolute Gasteiger partial charge is 0.326 e. The number of carboxylic acids is 1. The second-order valence-electron chi connectivity index (χ2n) is 4.30. The van der Waals surface area contributed by atoms with E-state index in [1.54, 1.807) is 0 Å². The van der Waals surface area contributed by atoms with Gasteiger partial charge >= 0.3 is 12.0 Å². The van der Waals surface area contributed by atoms with Gasteiger partial charge < -0.3 is 20.5 Å². The van der Waals surface area contributed by atoms with Crippen LogP contribution in [-0.4, -0.2) is 42.9 Å². The Morgan fingerprint density at radius 1 is 1.53 bits per heavy atom. The minimum atomic E-state index is -1.04. The summed E-state index contributed by atoms with van der Waals surface area (Å²) in [5.74, 6) is -0.497. The summed E-state index contributed by atoms with van der Waals surface area (Å²) in [5, 5.41) is 14.1. The first-order valence-electron chi connectivity index (χ1n) is 5.87. The van der Waals surface area contributed by atoms with E-state index in [4.69, 9.17) is 9.84 Å². The van der Waals surface area contributed by atoms with Gasteiger partial charge in [0, 0.05) is 26.2 Å². The number of methoxy groups -OCH3 is 1. The number of nitrogens with one attached hydrogen (secondary N) is 2. The van der Waals surface area contributed by atoms with Gasteiger partial charge in [-0.1, -0.05) is 13.3 Å². The van der Waals surface area contributed by atoms with Gasteiger partial charge in [-0.3, -0.25) is 0 Å². The lowest BCUT2D eigenvalue weighted by atomic mass is 10.2. The van der Waals surface area contributed by atoms with Crippen LogP contribution in [0.5, 0.6) is 0 Å². The second kappa shape index (κ2) is 6.44. The van der Waals surface area contributed by atoms with Gasteiger partial charge in [0.15, 0.2) is 0 Å². The number of ether oxygens (including phenoxy) is 1. The molecular weight excluding hydrogens is 224 g/mol. The third kappa shape index (κ3) is 4.60. The molecular formula is C11H20N2O4. The Bertz CT molecular complexity index is 283. The fourth-order valence-electron chi connectivity index (χ4n) is 1.74. The largest absolute Gasteiger partial charge is 0.480 e. The van der Waals surface area contributed by atoms with E-state index in [0.717, 1.165) is 12.8 Å². The van der Waals surface area contributed by atoms with E-state index in [0.29, 0.717) is 12.5 Å². The molecule has 0 aliphatic heterocycles. The van der Waals surface area contributed by atoms with Gasteiger partial charge in [-0.15, -0.1) is 0 Å². The molecule has 17 heavy (non-hydrogen) atoms. The molecule has 6 heteroatoms. The summed E-state index contributed by atoms with van der Waals surface area (Å²) in [5.41, 5.74) is 0. The number of amides is 2. The molecule has 1 aliphatic rings. The van der Waals surface area contributed by atoms with Crippen LogP contribution in [0.15, 0.2) is 0 Å². The summed E-state index contributed by atoms with van der Waals surface area (Å²) in [6, 6.07) is -1.10. The molecule has 3 N–H and O–H groups in total. The van der Waals surface area contributed by atoms with E-state index in [2.05, 4.69) is 17.6 Å². The molecule has 0 saturated heterocycles. The highest BCUT2D eigenvalue weighted by atomic mass is 16.5. The predicted molar refractivity (Wildman–Crippen MR) is 61.8 cm³/mol. The molecule has 1 fully saturated rings. The number of carbonyl (C=O) groups is 2. The van der Waals surface area contributed by atoms with Crippen molar-refractivity contribution >= 4 is 12.0 Å². The molecule has 6 nitrogen and oxygen atoms in total. The van der Waals surface area contributed by atoms with Crippen molar-refractivity contribution in [2.75, 3.05) is 13.7 Å². The van der Waals surface area contributed by atoms with Crippen LogP contribution >= 0.6 is 0 Å². The third-order valence-corrected chi connectivity index (χ3v) is 2.98. The average molecular weight is 244 g/mol. The first-order chi connectivity index (χ1) is 8.08. The van der Waals surface area contributed by atoms with Gasteiger partial charge in [0.25, 0.3) is 0 Å². The van der Waals surface area contributed by atoms with E-state index in [-0.39, 0.29) is 12.5 Å². The average Bonchev–Trinajstić information content (AvgIpc) is 3.02. The molecule has 0 heterocycles. The third-order valence-electron chi connectivity index (χ3n) is 2.98. The topological polar surface area (TPSA) is 87.7 Å². The standard InChI is InChI=1S/C11H20N2O4/c1-3-7-6-9(7)13-11(16)12-8(10(14)15)4-5-17-2/h7-9H,3-6H2,1-2H3,(H,14,15)(H2,12,13,16). The Morgan fingerprint density at radius 2 is 2.24 bits per heavy atom. The number of hydrogen-bond acceptors (Lipinski definition) is 3. The normalized spacial score (nSPS) is 23.9. The van der Waals surface area contributed by atoms with Gasteiger partial charge in [-0.2, -0.15) is 0 Å². The molecule has 1 saturated carbocycles. The molecule has 0 radical (unpaired) electrons. The molecule has 3 unspecified atom stereocenters. The highest BCUT2D eigenvalue weighted by Crippen LogP contribution is 2.32. The van der Waals surface area contributed by atoms with Crippen LogP contribution in [0.2, 0.25) is 0 Å². The second-order valence-corrected chi connectivity index (χ2v) is 4.30. The van der Waals surface area contributed by atoms with Crippen molar-refractivity contribution in [1.29, 1.82) is 0 Å². The lowest BCUT2D eigenvalue weighted by molar-refractivity contribution is -0.139. The van der Waals surface area contributed by atoms with Gasteiger partial charge in [-0.25, -0.2) is 9.59 Å². The first-order valence-corrected chi connectivity index (χ1v) is 5.87. The predicted octanol–water partition coefficient (Wildman–Crippen LogP) is 0.574. The highest BCUT2D eigenvalue weighted by Gasteiger charge is 2.36. The van der Waals surface area contributed by atoms with Crippen LogP contribution in [0.1, 0.15) is 26.2 Å².